The number of carbonyl (C=O) groups is 1. The molecule has 0 N–H and O–H groups in total. The molecule has 3 nitrogen and oxygen atoms in total. The smallest absolute Gasteiger partial charge is 0.307 e. The Morgan fingerprint density at radius 3 is 2.11 bits per heavy atom. The van der Waals surface area contributed by atoms with Gasteiger partial charge < -0.3 is 9.64 Å². The van der Waals surface area contributed by atoms with Crippen LogP contribution >= 0.6 is 0 Å². The van der Waals surface area contributed by atoms with Gasteiger partial charge in [-0.2, -0.15) is 0 Å². The molecular weight excluding hydrogens is 348 g/mol. The number of halogens is 2. The number of benzene rings is 2. The summed E-state index contributed by atoms with van der Waals surface area (Å²) in [5.74, 6) is -0.262. The van der Waals surface area contributed by atoms with Crippen LogP contribution in [0.1, 0.15) is 36.5 Å². The Kier molecular flexibility index (Phi) is 5.21. The lowest BCUT2D eigenvalue weighted by Gasteiger charge is -2.44. The van der Waals surface area contributed by atoms with Crippen LogP contribution in [0.4, 0.5) is 8.78 Å². The number of ether oxygens (including phenoxy) is 1. The summed E-state index contributed by atoms with van der Waals surface area (Å²) in [5, 5.41) is 0. The van der Waals surface area contributed by atoms with E-state index in [9.17, 15) is 13.6 Å². The summed E-state index contributed by atoms with van der Waals surface area (Å²) in [6.07, 6.45) is 1.80. The minimum atomic E-state index is -0.815. The lowest BCUT2D eigenvalue weighted by molar-refractivity contribution is -0.150. The van der Waals surface area contributed by atoms with Crippen LogP contribution < -0.4 is 0 Å². The Hall–Kier alpha value is -2.27. The summed E-state index contributed by atoms with van der Waals surface area (Å²) < 4.78 is 33.2. The average molecular weight is 371 g/mol. The molecule has 3 heterocycles. The minimum Gasteiger partial charge on any atom is -0.453 e. The fourth-order valence-corrected chi connectivity index (χ4v) is 4.38. The second kappa shape index (κ2) is 7.77. The zero-order chi connectivity index (χ0) is 18.8. The first-order chi connectivity index (χ1) is 13.1. The van der Waals surface area contributed by atoms with Gasteiger partial charge in [-0.25, -0.2) is 8.78 Å². The molecule has 2 bridgehead atoms. The largest absolute Gasteiger partial charge is 0.453 e. The van der Waals surface area contributed by atoms with E-state index in [0.717, 1.165) is 32.5 Å². The van der Waals surface area contributed by atoms with Crippen molar-refractivity contribution in [3.05, 3.63) is 71.3 Å². The average Bonchev–Trinajstić information content (AvgIpc) is 2.67. The third-order valence-electron chi connectivity index (χ3n) is 5.77. The summed E-state index contributed by atoms with van der Waals surface area (Å²) in [6.45, 7) is 3.17. The fraction of sp³-hybridized carbons (Fsp3) is 0.409. The Bertz CT molecular complexity index is 772. The molecule has 1 atom stereocenters. The van der Waals surface area contributed by atoms with E-state index < -0.39 is 17.7 Å². The van der Waals surface area contributed by atoms with Crippen LogP contribution in [-0.4, -0.2) is 30.5 Å². The predicted octanol–water partition coefficient (Wildman–Crippen LogP) is 4.33. The van der Waals surface area contributed by atoms with Crippen molar-refractivity contribution in [3.63, 3.8) is 0 Å². The lowest BCUT2D eigenvalue weighted by atomic mass is 9.77. The van der Waals surface area contributed by atoms with Crippen molar-refractivity contribution < 1.29 is 18.3 Å². The molecule has 3 aliphatic rings. The maximum absolute atomic E-state index is 13.7. The van der Waals surface area contributed by atoms with Gasteiger partial charge in [0.1, 0.15) is 11.6 Å². The van der Waals surface area contributed by atoms with Crippen molar-refractivity contribution in [1.29, 1.82) is 0 Å². The van der Waals surface area contributed by atoms with Crippen molar-refractivity contribution in [3.8, 4) is 0 Å². The topological polar surface area (TPSA) is 29.5 Å². The molecule has 0 aliphatic carbocycles. The van der Waals surface area contributed by atoms with Gasteiger partial charge in [-0.05, 0) is 73.2 Å². The highest BCUT2D eigenvalue weighted by Crippen LogP contribution is 2.35. The summed E-state index contributed by atoms with van der Waals surface area (Å²) in [7, 11) is 0. The van der Waals surface area contributed by atoms with Gasteiger partial charge in [-0.3, -0.25) is 4.79 Å². The molecule has 3 fully saturated rings. The molecular formula is C22H23F2NO2. The first-order valence-corrected chi connectivity index (χ1v) is 9.51. The van der Waals surface area contributed by atoms with Gasteiger partial charge in [0.25, 0.3) is 0 Å². The third-order valence-corrected chi connectivity index (χ3v) is 5.77. The van der Waals surface area contributed by atoms with Crippen molar-refractivity contribution in [2.24, 2.45) is 11.8 Å². The molecule has 5 rings (SSSR count). The summed E-state index contributed by atoms with van der Waals surface area (Å²) in [5.41, 5.74) is 1.01. The van der Waals surface area contributed by atoms with Crippen LogP contribution in [0.15, 0.2) is 48.5 Å². The molecule has 0 spiro atoms. The van der Waals surface area contributed by atoms with Gasteiger partial charge in [-0.1, -0.05) is 24.3 Å². The van der Waals surface area contributed by atoms with Crippen molar-refractivity contribution in [1.82, 2.24) is 4.90 Å². The number of hydrogen-bond donors (Lipinski definition) is 0. The summed E-state index contributed by atoms with van der Waals surface area (Å²) in [4.78, 5) is 15.1. The number of carbonyl (C=O) groups excluding carboxylic acids is 1. The highest BCUT2D eigenvalue weighted by Gasteiger charge is 2.36. The number of esters is 1. The van der Waals surface area contributed by atoms with Crippen molar-refractivity contribution in [2.45, 2.75) is 25.4 Å². The summed E-state index contributed by atoms with van der Waals surface area (Å²) in [6, 6.07) is 11.9. The second-order valence-corrected chi connectivity index (χ2v) is 7.58. The normalized spacial score (nSPS) is 24.2. The highest BCUT2D eigenvalue weighted by molar-refractivity contribution is 5.70. The number of piperidine rings is 3. The molecule has 0 amide bonds. The maximum atomic E-state index is 13.7. The van der Waals surface area contributed by atoms with Gasteiger partial charge in [-0.15, -0.1) is 0 Å². The first kappa shape index (κ1) is 18.1. The standard InChI is InChI=1S/C22H23F2NO2/c23-19-5-1-3-16(11-19)22(17-4-2-6-20(24)12-17)27-21(26)13-18-14-25-9-7-15(18)8-10-25/h1-6,11-12,15,18,22H,7-10,13-14H2/t18-/m0/s1. The molecule has 0 aromatic heterocycles. The second-order valence-electron chi connectivity index (χ2n) is 7.58. The van der Waals surface area contributed by atoms with E-state index >= 15 is 0 Å². The van der Waals surface area contributed by atoms with Gasteiger partial charge in [0.15, 0.2) is 6.10 Å². The Labute approximate surface area is 157 Å². The van der Waals surface area contributed by atoms with Crippen LogP contribution in [0, 0.1) is 23.5 Å². The molecule has 2 aromatic carbocycles. The van der Waals surface area contributed by atoms with Gasteiger partial charge in [0.2, 0.25) is 0 Å². The molecule has 0 radical (unpaired) electrons. The van der Waals surface area contributed by atoms with E-state index in [0.29, 0.717) is 29.4 Å². The summed E-state index contributed by atoms with van der Waals surface area (Å²) >= 11 is 0. The number of nitrogens with zero attached hydrogens (tertiary/aromatic N) is 1. The molecule has 0 unspecified atom stereocenters. The molecule has 142 valence electrons. The third kappa shape index (κ3) is 4.19. The van der Waals surface area contributed by atoms with E-state index in [1.165, 1.54) is 24.3 Å². The Morgan fingerprint density at radius 2 is 1.63 bits per heavy atom. The van der Waals surface area contributed by atoms with E-state index in [4.69, 9.17) is 4.74 Å². The quantitative estimate of drug-likeness (QED) is 0.733. The highest BCUT2D eigenvalue weighted by atomic mass is 19.1. The van der Waals surface area contributed by atoms with E-state index in [-0.39, 0.29) is 5.97 Å². The van der Waals surface area contributed by atoms with Crippen LogP contribution in [-0.2, 0) is 9.53 Å². The molecule has 3 aliphatic heterocycles. The first-order valence-electron chi connectivity index (χ1n) is 9.51. The molecule has 2 aromatic rings. The van der Waals surface area contributed by atoms with Crippen molar-refractivity contribution >= 4 is 5.97 Å². The number of fused-ring (bicyclic) bond motifs is 3. The molecule has 5 heteroatoms. The van der Waals surface area contributed by atoms with Crippen LogP contribution in [0.5, 0.6) is 0 Å². The molecule has 27 heavy (non-hydrogen) atoms. The zero-order valence-corrected chi connectivity index (χ0v) is 15.1. The minimum absolute atomic E-state index is 0.306. The van der Waals surface area contributed by atoms with Crippen LogP contribution in [0.2, 0.25) is 0 Å². The Morgan fingerprint density at radius 1 is 1.04 bits per heavy atom. The lowest BCUT2D eigenvalue weighted by Crippen LogP contribution is -2.48. The Balaban J connectivity index is 1.53. The van der Waals surface area contributed by atoms with E-state index in [1.54, 1.807) is 24.3 Å². The zero-order valence-electron chi connectivity index (χ0n) is 15.1. The van der Waals surface area contributed by atoms with E-state index in [2.05, 4.69) is 4.90 Å². The number of hydrogen-bond acceptors (Lipinski definition) is 3. The predicted molar refractivity (Wildman–Crippen MR) is 98.0 cm³/mol. The van der Waals surface area contributed by atoms with Gasteiger partial charge in [0.05, 0.1) is 0 Å². The van der Waals surface area contributed by atoms with E-state index in [1.807, 2.05) is 0 Å². The van der Waals surface area contributed by atoms with Crippen LogP contribution in [0.25, 0.3) is 0 Å². The number of rotatable bonds is 5. The monoisotopic (exact) mass is 371 g/mol. The molecule has 0 saturated carbocycles. The van der Waals surface area contributed by atoms with Gasteiger partial charge >= 0.3 is 5.97 Å². The van der Waals surface area contributed by atoms with Crippen LogP contribution in [0.3, 0.4) is 0 Å². The fourth-order valence-electron chi connectivity index (χ4n) is 4.38. The molecule has 3 saturated heterocycles. The van der Waals surface area contributed by atoms with Crippen molar-refractivity contribution in [2.75, 3.05) is 19.6 Å². The van der Waals surface area contributed by atoms with Gasteiger partial charge in [0, 0.05) is 13.0 Å². The maximum Gasteiger partial charge on any atom is 0.307 e. The SMILES string of the molecule is O=C(C[C@H]1CN2CCC1CC2)OC(c1cccc(F)c1)c1cccc(F)c1.